The molecule has 0 fully saturated rings. The number of hydrogen-bond acceptors (Lipinski definition) is 3. The molecular formula is C12H9N4. The van der Waals surface area contributed by atoms with Crippen LogP contribution < -0.4 is 10.7 Å². The van der Waals surface area contributed by atoms with Gasteiger partial charge in [-0.3, -0.25) is 0 Å². The Morgan fingerprint density at radius 2 is 2.06 bits per heavy atom. The average molecular weight is 209 g/mol. The van der Waals surface area contributed by atoms with E-state index >= 15 is 0 Å². The Morgan fingerprint density at radius 1 is 1.06 bits per heavy atom. The maximum absolute atomic E-state index is 4.03. The molecular weight excluding hydrogens is 200 g/mol. The normalized spacial score (nSPS) is 16.1. The van der Waals surface area contributed by atoms with Gasteiger partial charge in [0, 0.05) is 17.5 Å². The van der Waals surface area contributed by atoms with Crippen molar-refractivity contribution in [3.63, 3.8) is 0 Å². The highest BCUT2D eigenvalue weighted by molar-refractivity contribution is 5.81. The minimum absolute atomic E-state index is 0.817. The molecule has 0 unspecified atom stereocenters. The molecule has 2 aliphatic heterocycles. The van der Waals surface area contributed by atoms with Crippen molar-refractivity contribution in [3.8, 4) is 0 Å². The van der Waals surface area contributed by atoms with Crippen molar-refractivity contribution in [1.29, 1.82) is 0 Å². The van der Waals surface area contributed by atoms with Gasteiger partial charge in [-0.25, -0.2) is 0 Å². The van der Waals surface area contributed by atoms with Crippen LogP contribution in [0.25, 0.3) is 5.70 Å². The lowest BCUT2D eigenvalue weighted by Crippen LogP contribution is -2.04. The summed E-state index contributed by atoms with van der Waals surface area (Å²) in [6.07, 6.45) is 9.78. The molecule has 2 heterocycles. The van der Waals surface area contributed by atoms with E-state index in [0.29, 0.717) is 0 Å². The summed E-state index contributed by atoms with van der Waals surface area (Å²) in [5.41, 5.74) is 7.69. The largest absolute Gasteiger partial charge is 0.361 e. The summed E-state index contributed by atoms with van der Waals surface area (Å²) in [5.74, 6) is 0. The van der Waals surface area contributed by atoms with E-state index in [1.807, 2.05) is 48.7 Å². The summed E-state index contributed by atoms with van der Waals surface area (Å²) >= 11 is 0. The van der Waals surface area contributed by atoms with E-state index in [4.69, 9.17) is 0 Å². The fourth-order valence-corrected chi connectivity index (χ4v) is 1.67. The third-order valence-corrected chi connectivity index (χ3v) is 2.42. The van der Waals surface area contributed by atoms with Crippen molar-refractivity contribution in [3.05, 3.63) is 54.3 Å². The molecule has 0 amide bonds. The fourth-order valence-electron chi connectivity index (χ4n) is 1.67. The van der Waals surface area contributed by atoms with Gasteiger partial charge in [-0.15, -0.1) is 10.5 Å². The van der Waals surface area contributed by atoms with Gasteiger partial charge < -0.3 is 5.32 Å². The molecule has 0 atom stereocenters. The molecule has 0 aromatic heterocycles. The van der Waals surface area contributed by atoms with Crippen LogP contribution in [0.4, 0.5) is 11.4 Å². The number of rotatable bonds is 1. The molecule has 1 radical (unpaired) electrons. The molecule has 0 saturated heterocycles. The fraction of sp³-hybridized carbons (Fsp3) is 0. The van der Waals surface area contributed by atoms with Crippen LogP contribution >= 0.6 is 0 Å². The van der Waals surface area contributed by atoms with Crippen LogP contribution in [-0.4, -0.2) is 0 Å². The zero-order chi connectivity index (χ0) is 10.8. The molecule has 1 N–H and O–H groups in total. The molecule has 2 aliphatic rings. The molecule has 77 valence electrons. The molecule has 0 saturated carbocycles. The van der Waals surface area contributed by atoms with Gasteiger partial charge in [0.2, 0.25) is 0 Å². The van der Waals surface area contributed by atoms with E-state index in [2.05, 4.69) is 21.1 Å². The van der Waals surface area contributed by atoms with Crippen molar-refractivity contribution < 1.29 is 0 Å². The van der Waals surface area contributed by atoms with Gasteiger partial charge in [0.25, 0.3) is 0 Å². The van der Waals surface area contributed by atoms with Crippen molar-refractivity contribution in [1.82, 2.24) is 10.7 Å². The molecule has 4 nitrogen and oxygen atoms in total. The number of benzene rings is 1. The second kappa shape index (κ2) is 3.66. The van der Waals surface area contributed by atoms with Crippen LogP contribution in [0.15, 0.2) is 59.0 Å². The lowest BCUT2D eigenvalue weighted by atomic mass is 10.1. The Bertz CT molecular complexity index is 538. The molecule has 4 heteroatoms. The molecule has 16 heavy (non-hydrogen) atoms. The van der Waals surface area contributed by atoms with E-state index in [9.17, 15) is 0 Å². The summed E-state index contributed by atoms with van der Waals surface area (Å²) in [4.78, 5) is 0. The number of allylic oxidation sites excluding steroid dienone is 4. The molecule has 0 spiro atoms. The third-order valence-electron chi connectivity index (χ3n) is 2.42. The van der Waals surface area contributed by atoms with Crippen LogP contribution in [0, 0.1) is 0 Å². The second-order valence-electron chi connectivity index (χ2n) is 3.43. The average Bonchev–Trinajstić information content (AvgIpc) is 2.63. The molecule has 3 rings (SSSR count). The third kappa shape index (κ3) is 1.40. The maximum atomic E-state index is 4.03. The van der Waals surface area contributed by atoms with Crippen LogP contribution in [0.1, 0.15) is 5.56 Å². The Hall–Kier alpha value is -2.36. The predicted molar refractivity (Wildman–Crippen MR) is 62.1 cm³/mol. The van der Waals surface area contributed by atoms with Crippen LogP contribution in [0.5, 0.6) is 0 Å². The minimum atomic E-state index is 0.817. The summed E-state index contributed by atoms with van der Waals surface area (Å²) in [5, 5.41) is 10.8. The first-order valence-electron chi connectivity index (χ1n) is 5.00. The predicted octanol–water partition coefficient (Wildman–Crippen LogP) is 2.95. The second-order valence-corrected chi connectivity index (χ2v) is 3.43. The van der Waals surface area contributed by atoms with Gasteiger partial charge in [0.05, 0.1) is 0 Å². The van der Waals surface area contributed by atoms with E-state index in [-0.39, 0.29) is 0 Å². The van der Waals surface area contributed by atoms with Crippen LogP contribution in [0.3, 0.4) is 0 Å². The Morgan fingerprint density at radius 3 is 3.06 bits per heavy atom. The van der Waals surface area contributed by atoms with E-state index in [0.717, 1.165) is 22.6 Å². The van der Waals surface area contributed by atoms with Crippen LogP contribution in [-0.2, 0) is 0 Å². The lowest BCUT2D eigenvalue weighted by Gasteiger charge is -2.08. The highest BCUT2D eigenvalue weighted by Crippen LogP contribution is 2.36. The lowest BCUT2D eigenvalue weighted by molar-refractivity contribution is 0.919. The Labute approximate surface area is 93.1 Å². The SMILES string of the molecule is C1=CC=C(c2cccc3c2[N]N=N3)NC=C1. The first kappa shape index (κ1) is 8.91. The Balaban J connectivity index is 2.08. The summed E-state index contributed by atoms with van der Waals surface area (Å²) in [6.45, 7) is 0. The number of nitrogens with zero attached hydrogens (tertiary/aromatic N) is 3. The van der Waals surface area contributed by atoms with Crippen LogP contribution in [0.2, 0.25) is 0 Å². The van der Waals surface area contributed by atoms with Gasteiger partial charge in [-0.05, 0) is 23.4 Å². The van der Waals surface area contributed by atoms with Crippen molar-refractivity contribution in [2.45, 2.75) is 0 Å². The Kier molecular flexibility index (Phi) is 2.04. The van der Waals surface area contributed by atoms with Gasteiger partial charge in [-0.2, -0.15) is 0 Å². The maximum Gasteiger partial charge on any atom is 0.124 e. The first-order valence-corrected chi connectivity index (χ1v) is 5.00. The smallest absolute Gasteiger partial charge is 0.124 e. The van der Waals surface area contributed by atoms with Crippen molar-refractivity contribution in [2.24, 2.45) is 10.3 Å². The highest BCUT2D eigenvalue weighted by atomic mass is 15.5. The quantitative estimate of drug-likeness (QED) is 0.759. The van der Waals surface area contributed by atoms with Crippen molar-refractivity contribution in [2.75, 3.05) is 0 Å². The monoisotopic (exact) mass is 209 g/mol. The number of hydrogen-bond donors (Lipinski definition) is 1. The standard InChI is InChI=1S/C12H9N4/c1-2-6-10(13-8-3-1)9-5-4-7-11-12(9)15-16-14-11/h1-8,13H. The van der Waals surface area contributed by atoms with E-state index < -0.39 is 0 Å². The van der Waals surface area contributed by atoms with Crippen molar-refractivity contribution >= 4 is 17.1 Å². The minimum Gasteiger partial charge on any atom is -0.361 e. The van der Waals surface area contributed by atoms with Gasteiger partial charge in [0.15, 0.2) is 0 Å². The van der Waals surface area contributed by atoms with Gasteiger partial charge >= 0.3 is 0 Å². The molecule has 1 aromatic rings. The van der Waals surface area contributed by atoms with Gasteiger partial charge in [0.1, 0.15) is 11.4 Å². The molecule has 1 aromatic carbocycles. The zero-order valence-electron chi connectivity index (χ0n) is 8.46. The number of fused-ring (bicyclic) bond motifs is 1. The van der Waals surface area contributed by atoms with E-state index in [1.165, 1.54) is 0 Å². The molecule has 0 bridgehead atoms. The molecule has 0 aliphatic carbocycles. The summed E-state index contributed by atoms with van der Waals surface area (Å²) < 4.78 is 0. The summed E-state index contributed by atoms with van der Waals surface area (Å²) in [7, 11) is 0. The highest BCUT2D eigenvalue weighted by Gasteiger charge is 2.16. The topological polar surface area (TPSA) is 50.9 Å². The van der Waals surface area contributed by atoms with Gasteiger partial charge in [-0.1, -0.05) is 24.3 Å². The zero-order valence-corrected chi connectivity index (χ0v) is 8.46. The number of nitrogens with one attached hydrogen (secondary N) is 1. The van der Waals surface area contributed by atoms with E-state index in [1.54, 1.807) is 0 Å². The summed E-state index contributed by atoms with van der Waals surface area (Å²) in [6, 6.07) is 5.86. The first-order chi connectivity index (χ1) is 7.95.